The normalized spacial score (nSPS) is 12.0. The molecule has 3 aromatic rings. The number of anilines is 1. The van der Waals surface area contributed by atoms with Crippen molar-refractivity contribution in [3.63, 3.8) is 0 Å². The number of hydrogen-bond acceptors (Lipinski definition) is 5. The Morgan fingerprint density at radius 2 is 2.14 bits per heavy atom. The monoisotopic (exact) mass is 332 g/mol. The van der Waals surface area contributed by atoms with Gasteiger partial charge in [-0.1, -0.05) is 12.1 Å². The highest BCUT2D eigenvalue weighted by atomic mass is 32.2. The number of furan rings is 1. The summed E-state index contributed by atoms with van der Waals surface area (Å²) in [4.78, 5) is 17.2. The van der Waals surface area contributed by atoms with Crippen molar-refractivity contribution in [1.29, 1.82) is 0 Å². The minimum Gasteiger partial charge on any atom is -0.472 e. The van der Waals surface area contributed by atoms with E-state index in [4.69, 9.17) is 4.42 Å². The molecule has 1 aromatic carbocycles. The molecule has 1 atom stereocenters. The first kappa shape index (κ1) is 14.7. The molecule has 0 saturated heterocycles. The van der Waals surface area contributed by atoms with Crippen LogP contribution in [-0.4, -0.2) is 21.4 Å². The van der Waals surface area contributed by atoms with E-state index in [0.29, 0.717) is 21.3 Å². The second-order valence-corrected chi connectivity index (χ2v) is 6.66. The number of aromatic nitrogens is 1. The van der Waals surface area contributed by atoms with Crippen LogP contribution in [0.4, 0.5) is 5.69 Å². The highest BCUT2D eigenvalue weighted by molar-refractivity contribution is 7.84. The molecule has 0 aliphatic rings. The predicted molar refractivity (Wildman–Crippen MR) is 86.5 cm³/mol. The minimum atomic E-state index is -1.18. The van der Waals surface area contributed by atoms with Crippen LogP contribution in [0.25, 0.3) is 10.6 Å². The van der Waals surface area contributed by atoms with Crippen LogP contribution < -0.4 is 5.32 Å². The van der Waals surface area contributed by atoms with Crippen molar-refractivity contribution in [2.24, 2.45) is 0 Å². The number of thiazole rings is 1. The molecule has 2 heterocycles. The Balaban J connectivity index is 1.82. The number of hydrogen-bond donors (Lipinski definition) is 1. The first-order chi connectivity index (χ1) is 10.6. The largest absolute Gasteiger partial charge is 0.472 e. The van der Waals surface area contributed by atoms with E-state index in [0.717, 1.165) is 5.56 Å². The number of para-hydroxylation sites is 1. The van der Waals surface area contributed by atoms with E-state index >= 15 is 0 Å². The van der Waals surface area contributed by atoms with E-state index in [1.165, 1.54) is 11.3 Å². The Morgan fingerprint density at radius 3 is 2.86 bits per heavy atom. The Labute approximate surface area is 133 Å². The second kappa shape index (κ2) is 6.25. The maximum atomic E-state index is 12.3. The first-order valence-corrected chi connectivity index (χ1v) is 8.81. The summed E-state index contributed by atoms with van der Waals surface area (Å²) in [6, 6.07) is 8.80. The van der Waals surface area contributed by atoms with Crippen LogP contribution >= 0.6 is 11.3 Å². The van der Waals surface area contributed by atoms with Crippen LogP contribution in [0.1, 0.15) is 10.5 Å². The van der Waals surface area contributed by atoms with Gasteiger partial charge in [0.2, 0.25) is 0 Å². The summed E-state index contributed by atoms with van der Waals surface area (Å²) in [5, 5.41) is 5.15. The molecule has 0 radical (unpaired) electrons. The molecule has 1 amide bonds. The highest BCUT2D eigenvalue weighted by Gasteiger charge is 2.15. The molecule has 22 heavy (non-hydrogen) atoms. The van der Waals surface area contributed by atoms with Crippen LogP contribution in [0.2, 0.25) is 0 Å². The van der Waals surface area contributed by atoms with E-state index < -0.39 is 10.8 Å². The molecule has 0 saturated carbocycles. The van der Waals surface area contributed by atoms with Crippen molar-refractivity contribution < 1.29 is 13.4 Å². The molecule has 1 N–H and O–H groups in total. The topological polar surface area (TPSA) is 72.2 Å². The number of nitrogens with one attached hydrogen (secondary N) is 1. The van der Waals surface area contributed by atoms with Crippen LogP contribution in [-0.2, 0) is 10.8 Å². The Bertz CT molecular complexity index is 825. The molecule has 112 valence electrons. The number of nitrogens with zero attached hydrogens (tertiary/aromatic N) is 1. The van der Waals surface area contributed by atoms with Crippen LogP contribution in [0, 0.1) is 0 Å². The van der Waals surface area contributed by atoms with E-state index in [1.807, 2.05) is 0 Å². The van der Waals surface area contributed by atoms with Crippen molar-refractivity contribution >= 4 is 33.7 Å². The standard InChI is InChI=1S/C15H12N2O3S2/c1-22(19)13-5-3-2-4-11(13)16-14(18)12-9-21-15(17-12)10-6-7-20-8-10/h2-9H,1H3,(H,16,18). The van der Waals surface area contributed by atoms with Gasteiger partial charge in [-0.25, -0.2) is 4.98 Å². The predicted octanol–water partition coefficient (Wildman–Crippen LogP) is 3.39. The lowest BCUT2D eigenvalue weighted by molar-refractivity contribution is 0.102. The number of amides is 1. The Hall–Kier alpha value is -2.25. The molecular weight excluding hydrogens is 320 g/mol. The van der Waals surface area contributed by atoms with Crippen molar-refractivity contribution in [3.8, 4) is 10.6 Å². The fourth-order valence-corrected chi connectivity index (χ4v) is 3.39. The van der Waals surface area contributed by atoms with Gasteiger partial charge in [-0.15, -0.1) is 11.3 Å². The lowest BCUT2D eigenvalue weighted by atomic mass is 10.3. The highest BCUT2D eigenvalue weighted by Crippen LogP contribution is 2.25. The summed E-state index contributed by atoms with van der Waals surface area (Å²) in [5.74, 6) is -0.330. The minimum absolute atomic E-state index is 0.317. The van der Waals surface area contributed by atoms with Crippen LogP contribution in [0.15, 0.2) is 57.6 Å². The van der Waals surface area contributed by atoms with Crippen molar-refractivity contribution in [3.05, 3.63) is 53.9 Å². The summed E-state index contributed by atoms with van der Waals surface area (Å²) in [6.45, 7) is 0. The smallest absolute Gasteiger partial charge is 0.275 e. The summed E-state index contributed by atoms with van der Waals surface area (Å²) < 4.78 is 16.7. The quantitative estimate of drug-likeness (QED) is 0.795. The fraction of sp³-hybridized carbons (Fsp3) is 0.0667. The summed E-state index contributed by atoms with van der Waals surface area (Å²) in [7, 11) is -1.18. The number of rotatable bonds is 4. The van der Waals surface area contributed by atoms with Crippen molar-refractivity contribution in [2.75, 3.05) is 11.6 Å². The number of carbonyl (C=O) groups is 1. The second-order valence-electron chi connectivity index (χ2n) is 4.45. The average molecular weight is 332 g/mol. The molecule has 0 aliphatic heterocycles. The van der Waals surface area contributed by atoms with Gasteiger partial charge in [0.1, 0.15) is 17.0 Å². The summed E-state index contributed by atoms with van der Waals surface area (Å²) >= 11 is 1.36. The van der Waals surface area contributed by atoms with Gasteiger partial charge in [0, 0.05) is 17.2 Å². The van der Waals surface area contributed by atoms with Crippen molar-refractivity contribution in [1.82, 2.24) is 4.98 Å². The first-order valence-electron chi connectivity index (χ1n) is 6.37. The molecule has 1 unspecified atom stereocenters. The maximum absolute atomic E-state index is 12.3. The van der Waals surface area contributed by atoms with E-state index in [2.05, 4.69) is 10.3 Å². The van der Waals surface area contributed by atoms with Crippen LogP contribution in [0.3, 0.4) is 0 Å². The zero-order chi connectivity index (χ0) is 15.5. The molecule has 5 nitrogen and oxygen atoms in total. The SMILES string of the molecule is CS(=O)c1ccccc1NC(=O)c1csc(-c2ccoc2)n1. The molecule has 7 heteroatoms. The summed E-state index contributed by atoms with van der Waals surface area (Å²) in [6.07, 6.45) is 4.71. The van der Waals surface area contributed by atoms with Gasteiger partial charge in [-0.05, 0) is 18.2 Å². The zero-order valence-corrected chi connectivity index (χ0v) is 13.2. The molecule has 3 rings (SSSR count). The molecule has 0 aliphatic carbocycles. The lowest BCUT2D eigenvalue weighted by Crippen LogP contribution is -2.13. The molecule has 2 aromatic heterocycles. The Kier molecular flexibility index (Phi) is 4.17. The third-order valence-electron chi connectivity index (χ3n) is 2.95. The average Bonchev–Trinajstić information content (AvgIpc) is 3.18. The van der Waals surface area contributed by atoms with Gasteiger partial charge in [-0.3, -0.25) is 9.00 Å². The van der Waals surface area contributed by atoms with E-state index in [9.17, 15) is 9.00 Å². The third-order valence-corrected chi connectivity index (χ3v) is 4.82. The van der Waals surface area contributed by atoms with Gasteiger partial charge in [0.05, 0.1) is 27.6 Å². The molecular formula is C15H12N2O3S2. The van der Waals surface area contributed by atoms with Gasteiger partial charge >= 0.3 is 0 Å². The number of benzene rings is 1. The van der Waals surface area contributed by atoms with Crippen LogP contribution in [0.5, 0.6) is 0 Å². The van der Waals surface area contributed by atoms with E-state index in [-0.39, 0.29) is 5.91 Å². The molecule has 0 bridgehead atoms. The van der Waals surface area contributed by atoms with Gasteiger partial charge in [0.15, 0.2) is 0 Å². The van der Waals surface area contributed by atoms with E-state index in [1.54, 1.807) is 54.5 Å². The Morgan fingerprint density at radius 1 is 1.32 bits per heavy atom. The molecule has 0 spiro atoms. The zero-order valence-electron chi connectivity index (χ0n) is 11.6. The lowest BCUT2D eigenvalue weighted by Gasteiger charge is -2.07. The van der Waals surface area contributed by atoms with Gasteiger partial charge < -0.3 is 9.73 Å². The number of carbonyl (C=O) groups excluding carboxylic acids is 1. The van der Waals surface area contributed by atoms with Gasteiger partial charge in [0.25, 0.3) is 5.91 Å². The van der Waals surface area contributed by atoms with Gasteiger partial charge in [-0.2, -0.15) is 0 Å². The van der Waals surface area contributed by atoms with Crippen molar-refractivity contribution in [2.45, 2.75) is 4.90 Å². The third kappa shape index (κ3) is 3.00. The maximum Gasteiger partial charge on any atom is 0.275 e. The molecule has 0 fully saturated rings. The fourth-order valence-electron chi connectivity index (χ4n) is 1.90. The summed E-state index contributed by atoms with van der Waals surface area (Å²) in [5.41, 5.74) is 1.68.